The van der Waals surface area contributed by atoms with Crippen molar-refractivity contribution in [2.75, 3.05) is 38.3 Å². The largest absolute Gasteiger partial charge is 0.385 e. The summed E-state index contributed by atoms with van der Waals surface area (Å²) in [7, 11) is 1.62. The third-order valence-electron chi connectivity index (χ3n) is 5.75. The van der Waals surface area contributed by atoms with Gasteiger partial charge in [-0.05, 0) is 43.4 Å². The van der Waals surface area contributed by atoms with E-state index in [9.17, 15) is 14.9 Å². The van der Waals surface area contributed by atoms with Crippen LogP contribution in [0.5, 0.6) is 0 Å². The Hall–Kier alpha value is -3.22. The van der Waals surface area contributed by atoms with Crippen molar-refractivity contribution in [2.45, 2.75) is 32.2 Å². The number of anilines is 1. The Morgan fingerprint density at radius 2 is 2.06 bits per heavy atom. The van der Waals surface area contributed by atoms with Gasteiger partial charge in [-0.2, -0.15) is 5.26 Å². The molecule has 4 rings (SSSR count). The number of carbonyl (C=O) groups excluding carboxylic acids is 1. The fraction of sp³-hybridized carbons (Fsp3) is 0.417. The van der Waals surface area contributed by atoms with Crippen LogP contribution in [0.15, 0.2) is 35.1 Å². The van der Waals surface area contributed by atoms with E-state index in [-0.39, 0.29) is 18.0 Å². The molecular weight excluding hydrogens is 438 g/mol. The summed E-state index contributed by atoms with van der Waals surface area (Å²) in [6, 6.07) is 11.2. The van der Waals surface area contributed by atoms with E-state index >= 15 is 0 Å². The number of fused-ring (bicyclic) bond motifs is 1. The van der Waals surface area contributed by atoms with Crippen LogP contribution in [0.25, 0.3) is 10.2 Å². The molecule has 1 aliphatic heterocycles. The van der Waals surface area contributed by atoms with E-state index in [4.69, 9.17) is 9.72 Å². The van der Waals surface area contributed by atoms with E-state index in [1.807, 2.05) is 18.2 Å². The Morgan fingerprint density at radius 3 is 2.82 bits per heavy atom. The van der Waals surface area contributed by atoms with Gasteiger partial charge in [0.05, 0.1) is 28.6 Å². The highest BCUT2D eigenvalue weighted by Gasteiger charge is 2.22. The number of nitrogens with one attached hydrogen (secondary N) is 1. The van der Waals surface area contributed by atoms with Gasteiger partial charge in [0.2, 0.25) is 5.95 Å². The molecule has 8 nitrogen and oxygen atoms in total. The standard InChI is InChI=1S/C24H27N5O3S/c1-32-13-7-10-26-22(30)20-14-19-21(33-20)23(31)29(16-18-9-4-3-8-17(18)15-25)24(27-19)28-11-5-2-6-12-28/h3-4,8-9,14H,2,5-7,10-13,16H2,1H3,(H,26,30). The third-order valence-corrected chi connectivity index (χ3v) is 6.86. The number of hydrogen-bond donors (Lipinski definition) is 1. The van der Waals surface area contributed by atoms with E-state index in [0.29, 0.717) is 39.8 Å². The zero-order valence-electron chi connectivity index (χ0n) is 18.7. The van der Waals surface area contributed by atoms with Gasteiger partial charge in [0.15, 0.2) is 0 Å². The SMILES string of the molecule is COCCCNC(=O)c1cc2nc(N3CCCCC3)n(Cc3ccccc3C#N)c(=O)c2s1. The quantitative estimate of drug-likeness (QED) is 0.513. The maximum atomic E-state index is 13.6. The number of benzene rings is 1. The number of amides is 1. The summed E-state index contributed by atoms with van der Waals surface area (Å²) in [5.74, 6) is 0.388. The molecule has 33 heavy (non-hydrogen) atoms. The lowest BCUT2D eigenvalue weighted by Gasteiger charge is -2.29. The number of thiophene rings is 1. The molecule has 1 aliphatic rings. The first kappa shape index (κ1) is 23.0. The summed E-state index contributed by atoms with van der Waals surface area (Å²) < 4.78 is 7.12. The summed E-state index contributed by atoms with van der Waals surface area (Å²) in [6.45, 7) is 2.99. The van der Waals surface area contributed by atoms with Crippen molar-refractivity contribution in [3.05, 3.63) is 56.7 Å². The van der Waals surface area contributed by atoms with Gasteiger partial charge in [0.25, 0.3) is 11.5 Å². The Labute approximate surface area is 196 Å². The van der Waals surface area contributed by atoms with Crippen molar-refractivity contribution < 1.29 is 9.53 Å². The molecule has 3 aromatic rings. The maximum Gasteiger partial charge on any atom is 0.273 e. The zero-order valence-corrected chi connectivity index (χ0v) is 19.5. The highest BCUT2D eigenvalue weighted by atomic mass is 32.1. The van der Waals surface area contributed by atoms with E-state index in [2.05, 4.69) is 16.3 Å². The number of hydrogen-bond acceptors (Lipinski definition) is 7. The molecule has 0 unspecified atom stereocenters. The molecule has 0 aliphatic carbocycles. The smallest absolute Gasteiger partial charge is 0.273 e. The summed E-state index contributed by atoms with van der Waals surface area (Å²) >= 11 is 1.16. The van der Waals surface area contributed by atoms with E-state index < -0.39 is 0 Å². The van der Waals surface area contributed by atoms with Gasteiger partial charge in [-0.15, -0.1) is 11.3 Å². The topological polar surface area (TPSA) is 100 Å². The molecule has 0 radical (unpaired) electrons. The van der Waals surface area contributed by atoms with Crippen molar-refractivity contribution in [1.82, 2.24) is 14.9 Å². The molecule has 9 heteroatoms. The first-order valence-corrected chi connectivity index (χ1v) is 12.0. The second-order valence-corrected chi connectivity index (χ2v) is 9.10. The van der Waals surface area contributed by atoms with Crippen molar-refractivity contribution in [2.24, 2.45) is 0 Å². The minimum Gasteiger partial charge on any atom is -0.385 e. The highest BCUT2D eigenvalue weighted by molar-refractivity contribution is 7.20. The van der Waals surface area contributed by atoms with E-state index in [1.165, 1.54) is 0 Å². The molecule has 3 heterocycles. The Kier molecular flexibility index (Phi) is 7.37. The maximum absolute atomic E-state index is 13.6. The monoisotopic (exact) mass is 465 g/mol. The van der Waals surface area contributed by atoms with Crippen molar-refractivity contribution >= 4 is 33.4 Å². The lowest BCUT2D eigenvalue weighted by atomic mass is 10.1. The average Bonchev–Trinajstić information content (AvgIpc) is 3.29. The normalized spacial score (nSPS) is 13.8. The molecule has 0 atom stereocenters. The summed E-state index contributed by atoms with van der Waals surface area (Å²) in [5.41, 5.74) is 1.67. The number of nitrogens with zero attached hydrogens (tertiary/aromatic N) is 4. The first-order valence-electron chi connectivity index (χ1n) is 11.2. The fourth-order valence-electron chi connectivity index (χ4n) is 4.03. The number of rotatable bonds is 8. The molecular formula is C24H27N5O3S. The summed E-state index contributed by atoms with van der Waals surface area (Å²) in [6.07, 6.45) is 3.96. The number of aromatic nitrogens is 2. The molecule has 1 fully saturated rings. The first-order chi connectivity index (χ1) is 16.1. The Balaban J connectivity index is 1.74. The van der Waals surface area contributed by atoms with Gasteiger partial charge in [-0.3, -0.25) is 14.2 Å². The van der Waals surface area contributed by atoms with Gasteiger partial charge in [0.1, 0.15) is 4.70 Å². The fourth-order valence-corrected chi connectivity index (χ4v) is 4.99. The van der Waals surface area contributed by atoms with Gasteiger partial charge in [-0.1, -0.05) is 18.2 Å². The van der Waals surface area contributed by atoms with Crippen LogP contribution < -0.4 is 15.8 Å². The van der Waals surface area contributed by atoms with Crippen LogP contribution in [0, 0.1) is 11.3 Å². The van der Waals surface area contributed by atoms with Gasteiger partial charge in [0, 0.05) is 33.4 Å². The minimum atomic E-state index is -0.214. The van der Waals surface area contributed by atoms with Gasteiger partial charge >= 0.3 is 0 Å². The Morgan fingerprint density at radius 1 is 1.27 bits per heavy atom. The van der Waals surface area contributed by atoms with Crippen molar-refractivity contribution in [1.29, 1.82) is 5.26 Å². The molecule has 1 aromatic carbocycles. The summed E-state index contributed by atoms with van der Waals surface area (Å²) in [5, 5.41) is 12.4. The second kappa shape index (κ2) is 10.6. The molecule has 172 valence electrons. The van der Waals surface area contributed by atoms with E-state index in [0.717, 1.165) is 55.7 Å². The van der Waals surface area contributed by atoms with Crippen LogP contribution in [-0.4, -0.2) is 48.8 Å². The Bertz CT molecular complexity index is 1240. The van der Waals surface area contributed by atoms with Crippen LogP contribution in [0.3, 0.4) is 0 Å². The predicted octanol–water partition coefficient (Wildman–Crippen LogP) is 3.13. The van der Waals surface area contributed by atoms with Crippen LogP contribution in [0.1, 0.15) is 46.5 Å². The van der Waals surface area contributed by atoms with Crippen LogP contribution in [-0.2, 0) is 11.3 Å². The molecule has 0 saturated carbocycles. The third kappa shape index (κ3) is 5.07. The van der Waals surface area contributed by atoms with E-state index in [1.54, 1.807) is 23.8 Å². The number of methoxy groups -OCH3 is 1. The molecule has 0 spiro atoms. The highest BCUT2D eigenvalue weighted by Crippen LogP contribution is 2.26. The number of ether oxygens (including phenoxy) is 1. The number of nitriles is 1. The van der Waals surface area contributed by atoms with Crippen molar-refractivity contribution in [3.63, 3.8) is 0 Å². The zero-order chi connectivity index (χ0) is 23.2. The average molecular weight is 466 g/mol. The lowest BCUT2D eigenvalue weighted by molar-refractivity contribution is 0.0952. The van der Waals surface area contributed by atoms with Gasteiger partial charge in [-0.25, -0.2) is 4.98 Å². The number of carbonyl (C=O) groups is 1. The van der Waals surface area contributed by atoms with Gasteiger partial charge < -0.3 is 15.0 Å². The minimum absolute atomic E-state index is 0.184. The number of piperidine rings is 1. The summed E-state index contributed by atoms with van der Waals surface area (Å²) in [4.78, 5) is 33.7. The molecule has 1 N–H and O–H groups in total. The molecule has 1 saturated heterocycles. The van der Waals surface area contributed by atoms with Crippen LogP contribution >= 0.6 is 11.3 Å². The molecule has 0 bridgehead atoms. The molecule has 2 aromatic heterocycles. The second-order valence-electron chi connectivity index (χ2n) is 8.05. The van der Waals surface area contributed by atoms with Crippen LogP contribution in [0.2, 0.25) is 0 Å². The lowest BCUT2D eigenvalue weighted by Crippen LogP contribution is -2.36. The van der Waals surface area contributed by atoms with Crippen molar-refractivity contribution in [3.8, 4) is 6.07 Å². The molecule has 1 amide bonds. The predicted molar refractivity (Wildman–Crippen MR) is 129 cm³/mol. The van der Waals surface area contributed by atoms with Crippen LogP contribution in [0.4, 0.5) is 5.95 Å².